The summed E-state index contributed by atoms with van der Waals surface area (Å²) in [5, 5.41) is 3.89. The van der Waals surface area contributed by atoms with Crippen LogP contribution in [-0.4, -0.2) is 12.1 Å². The average molecular weight is 287 g/mol. The fourth-order valence-corrected chi connectivity index (χ4v) is 3.84. The van der Waals surface area contributed by atoms with Crippen molar-refractivity contribution in [1.82, 2.24) is 5.32 Å². The maximum absolute atomic E-state index is 3.89. The van der Waals surface area contributed by atoms with Gasteiger partial charge >= 0.3 is 0 Å². The molecule has 3 atom stereocenters. The summed E-state index contributed by atoms with van der Waals surface area (Å²) in [6.45, 7) is 7.08. The van der Waals surface area contributed by atoms with Gasteiger partial charge in [0, 0.05) is 12.1 Å². The van der Waals surface area contributed by atoms with Gasteiger partial charge in [-0.15, -0.1) is 0 Å². The molecule has 1 saturated carbocycles. The van der Waals surface area contributed by atoms with Crippen LogP contribution in [-0.2, 0) is 6.42 Å². The van der Waals surface area contributed by atoms with E-state index in [2.05, 4.69) is 56.4 Å². The number of hydrogen-bond donors (Lipinski definition) is 1. The van der Waals surface area contributed by atoms with Crippen LogP contribution in [0.2, 0.25) is 0 Å². The zero-order valence-corrected chi connectivity index (χ0v) is 14.1. The van der Waals surface area contributed by atoms with E-state index in [0.717, 1.165) is 17.9 Å². The number of aryl methyl sites for hydroxylation is 1. The third-order valence-corrected chi connectivity index (χ3v) is 4.82. The van der Waals surface area contributed by atoms with Crippen LogP contribution in [0, 0.1) is 11.8 Å². The van der Waals surface area contributed by atoms with E-state index in [1.54, 1.807) is 0 Å². The molecule has 0 heterocycles. The van der Waals surface area contributed by atoms with Crippen LogP contribution in [0.5, 0.6) is 0 Å². The minimum Gasteiger partial charge on any atom is -0.311 e. The van der Waals surface area contributed by atoms with Crippen molar-refractivity contribution >= 4 is 0 Å². The van der Waals surface area contributed by atoms with Gasteiger partial charge in [0.15, 0.2) is 0 Å². The van der Waals surface area contributed by atoms with E-state index >= 15 is 0 Å². The number of hydrogen-bond acceptors (Lipinski definition) is 1. The average Bonchev–Trinajstić information content (AvgIpc) is 2.46. The van der Waals surface area contributed by atoms with Gasteiger partial charge in [0.05, 0.1) is 0 Å². The minimum atomic E-state index is 0.632. The van der Waals surface area contributed by atoms with E-state index in [9.17, 15) is 0 Å². The molecule has 3 unspecified atom stereocenters. The molecule has 118 valence electrons. The molecule has 0 amide bonds. The van der Waals surface area contributed by atoms with E-state index in [1.165, 1.54) is 50.5 Å². The van der Waals surface area contributed by atoms with Crippen LogP contribution in [0.15, 0.2) is 30.3 Å². The Kier molecular flexibility index (Phi) is 6.76. The molecular weight excluding hydrogens is 254 g/mol. The fourth-order valence-electron chi connectivity index (χ4n) is 3.84. The molecule has 21 heavy (non-hydrogen) atoms. The Balaban J connectivity index is 1.70. The topological polar surface area (TPSA) is 12.0 Å². The summed E-state index contributed by atoms with van der Waals surface area (Å²) >= 11 is 0. The normalized spacial score (nSPS) is 24.2. The molecule has 2 rings (SSSR count). The lowest BCUT2D eigenvalue weighted by molar-refractivity contribution is 0.240. The molecule has 1 aliphatic rings. The Morgan fingerprint density at radius 3 is 2.57 bits per heavy atom. The SMILES string of the molecule is CC(C)CC1CCCC(NC(C)CCc2ccccc2)C1. The highest BCUT2D eigenvalue weighted by Gasteiger charge is 2.23. The van der Waals surface area contributed by atoms with Crippen LogP contribution < -0.4 is 5.32 Å². The highest BCUT2D eigenvalue weighted by Crippen LogP contribution is 2.29. The first-order valence-corrected chi connectivity index (χ1v) is 8.93. The molecule has 1 heteroatoms. The van der Waals surface area contributed by atoms with Crippen molar-refractivity contribution in [3.05, 3.63) is 35.9 Å². The van der Waals surface area contributed by atoms with Crippen molar-refractivity contribution in [2.45, 2.75) is 77.8 Å². The number of nitrogens with one attached hydrogen (secondary N) is 1. The van der Waals surface area contributed by atoms with Crippen molar-refractivity contribution in [3.8, 4) is 0 Å². The third kappa shape index (κ3) is 6.22. The predicted molar refractivity (Wildman–Crippen MR) is 92.6 cm³/mol. The first-order valence-electron chi connectivity index (χ1n) is 8.93. The second-order valence-electron chi connectivity index (χ2n) is 7.45. The van der Waals surface area contributed by atoms with Gasteiger partial charge in [-0.25, -0.2) is 0 Å². The summed E-state index contributed by atoms with van der Waals surface area (Å²) in [6, 6.07) is 12.3. The third-order valence-electron chi connectivity index (χ3n) is 4.82. The highest BCUT2D eigenvalue weighted by atomic mass is 14.9. The van der Waals surface area contributed by atoms with Gasteiger partial charge in [-0.2, -0.15) is 0 Å². The molecule has 0 aliphatic heterocycles. The van der Waals surface area contributed by atoms with Crippen LogP contribution in [0.3, 0.4) is 0 Å². The molecule has 0 aromatic heterocycles. The highest BCUT2D eigenvalue weighted by molar-refractivity contribution is 5.14. The predicted octanol–water partition coefficient (Wildman–Crippen LogP) is 5.20. The quantitative estimate of drug-likeness (QED) is 0.726. The Morgan fingerprint density at radius 1 is 1.10 bits per heavy atom. The zero-order chi connectivity index (χ0) is 15.1. The molecule has 0 spiro atoms. The van der Waals surface area contributed by atoms with Crippen molar-refractivity contribution in [3.63, 3.8) is 0 Å². The van der Waals surface area contributed by atoms with Crippen LogP contribution in [0.4, 0.5) is 0 Å². The summed E-state index contributed by atoms with van der Waals surface area (Å²) in [6.07, 6.45) is 9.50. The number of benzene rings is 1. The largest absolute Gasteiger partial charge is 0.311 e. The molecule has 1 aliphatic carbocycles. The number of rotatable bonds is 7. The van der Waals surface area contributed by atoms with Crippen molar-refractivity contribution in [2.24, 2.45) is 11.8 Å². The van der Waals surface area contributed by atoms with Crippen molar-refractivity contribution < 1.29 is 0 Å². The van der Waals surface area contributed by atoms with Crippen LogP contribution >= 0.6 is 0 Å². The van der Waals surface area contributed by atoms with E-state index in [4.69, 9.17) is 0 Å². The van der Waals surface area contributed by atoms with Crippen LogP contribution in [0.1, 0.15) is 64.9 Å². The lowest BCUT2D eigenvalue weighted by Gasteiger charge is -2.32. The molecule has 1 nitrogen and oxygen atoms in total. The Hall–Kier alpha value is -0.820. The molecule has 0 saturated heterocycles. The van der Waals surface area contributed by atoms with Gasteiger partial charge in [-0.3, -0.25) is 0 Å². The second kappa shape index (κ2) is 8.58. The van der Waals surface area contributed by atoms with E-state index in [1.807, 2.05) is 0 Å². The summed E-state index contributed by atoms with van der Waals surface area (Å²) in [5.74, 6) is 1.81. The Labute approximate surface area is 131 Å². The summed E-state index contributed by atoms with van der Waals surface area (Å²) in [7, 11) is 0. The van der Waals surface area contributed by atoms with E-state index in [0.29, 0.717) is 6.04 Å². The second-order valence-corrected chi connectivity index (χ2v) is 7.45. The Morgan fingerprint density at radius 2 is 1.86 bits per heavy atom. The first-order chi connectivity index (χ1) is 10.1. The molecular formula is C20H33N. The summed E-state index contributed by atoms with van der Waals surface area (Å²) < 4.78 is 0. The zero-order valence-electron chi connectivity index (χ0n) is 14.1. The van der Waals surface area contributed by atoms with Crippen molar-refractivity contribution in [1.29, 1.82) is 0 Å². The molecule has 1 aromatic rings. The van der Waals surface area contributed by atoms with Gasteiger partial charge in [0.2, 0.25) is 0 Å². The lowest BCUT2D eigenvalue weighted by atomic mass is 9.81. The molecule has 0 bridgehead atoms. The lowest BCUT2D eigenvalue weighted by Crippen LogP contribution is -2.40. The van der Waals surface area contributed by atoms with Crippen LogP contribution in [0.25, 0.3) is 0 Å². The van der Waals surface area contributed by atoms with Gasteiger partial charge < -0.3 is 5.32 Å². The first kappa shape index (κ1) is 16.5. The summed E-state index contributed by atoms with van der Waals surface area (Å²) in [4.78, 5) is 0. The standard InChI is InChI=1S/C20H33N/c1-16(2)14-19-10-7-11-20(15-19)21-17(3)12-13-18-8-5-4-6-9-18/h4-6,8-9,16-17,19-21H,7,10-15H2,1-3H3. The van der Waals surface area contributed by atoms with Gasteiger partial charge in [0.25, 0.3) is 0 Å². The molecule has 1 aromatic carbocycles. The monoisotopic (exact) mass is 287 g/mol. The van der Waals surface area contributed by atoms with Gasteiger partial charge in [0.1, 0.15) is 0 Å². The van der Waals surface area contributed by atoms with E-state index < -0.39 is 0 Å². The van der Waals surface area contributed by atoms with Gasteiger partial charge in [-0.1, -0.05) is 57.0 Å². The van der Waals surface area contributed by atoms with Crippen molar-refractivity contribution in [2.75, 3.05) is 0 Å². The Bertz CT molecular complexity index is 384. The summed E-state index contributed by atoms with van der Waals surface area (Å²) in [5.41, 5.74) is 1.47. The molecule has 0 radical (unpaired) electrons. The van der Waals surface area contributed by atoms with E-state index in [-0.39, 0.29) is 0 Å². The maximum Gasteiger partial charge on any atom is 0.00721 e. The molecule has 1 fully saturated rings. The molecule has 1 N–H and O–H groups in total. The fraction of sp³-hybridized carbons (Fsp3) is 0.700. The van der Waals surface area contributed by atoms with Gasteiger partial charge in [-0.05, 0) is 56.4 Å². The smallest absolute Gasteiger partial charge is 0.00721 e. The maximum atomic E-state index is 3.89. The minimum absolute atomic E-state index is 0.632.